The maximum absolute atomic E-state index is 11.4. The molecule has 0 aliphatic rings. The average Bonchev–Trinajstić information content (AvgIpc) is 3.03. The fraction of sp³-hybridized carbons (Fsp3) is 0.824. The topological polar surface area (TPSA) is 86.3 Å². The van der Waals surface area contributed by atoms with Crippen LogP contribution in [0.5, 0.6) is 0 Å². The summed E-state index contributed by atoms with van der Waals surface area (Å²) < 4.78 is 112. The van der Waals surface area contributed by atoms with Gasteiger partial charge < -0.3 is 4.13 Å². The van der Waals surface area contributed by atoms with E-state index in [1.54, 1.807) is 10.6 Å². The minimum absolute atomic E-state index is 0.778. The van der Waals surface area contributed by atoms with E-state index in [-0.39, 0.29) is 0 Å². The molecule has 0 aromatic carbocycles. The molecule has 0 fully saturated rings. The highest BCUT2D eigenvalue weighted by molar-refractivity contribution is 8.13. The van der Waals surface area contributed by atoms with Crippen molar-refractivity contribution in [1.29, 1.82) is 0 Å². The Morgan fingerprint density at radius 2 is 1.34 bits per heavy atom. The molecule has 0 N–H and O–H groups in total. The van der Waals surface area contributed by atoms with E-state index in [2.05, 4.69) is 30.8 Å². The van der Waals surface area contributed by atoms with Gasteiger partial charge in [-0.3, -0.25) is 0 Å². The number of aryl methyl sites for hydroxylation is 2. The van der Waals surface area contributed by atoms with Crippen LogP contribution in [0.1, 0.15) is 69.9 Å². The molecule has 0 amide bonds. The van der Waals surface area contributed by atoms with Crippen molar-refractivity contribution in [2.45, 2.75) is 89.7 Å². The lowest BCUT2D eigenvalue weighted by Gasteiger charge is -2.22. The zero-order chi connectivity index (χ0) is 25.2. The number of hydrogen-bond donors (Lipinski definition) is 0. The van der Waals surface area contributed by atoms with Crippen molar-refractivity contribution in [3.8, 4) is 0 Å². The number of aromatic nitrogens is 1. The summed E-state index contributed by atoms with van der Waals surface area (Å²) in [4.78, 5) is 1.64. The maximum Gasteiger partial charge on any atom is 0.480 e. The summed E-state index contributed by atoms with van der Waals surface area (Å²) in [5.41, 5.74) is -8.47. The van der Waals surface area contributed by atoms with Crippen LogP contribution >= 0.6 is 11.3 Å². The predicted molar refractivity (Wildman–Crippen MR) is 110 cm³/mol. The summed E-state index contributed by atoms with van der Waals surface area (Å²) in [7, 11) is -13.4. The Hall–Kier alpha value is -0.930. The third kappa shape index (κ3) is 9.91. The van der Waals surface area contributed by atoms with Gasteiger partial charge >= 0.3 is 11.0 Å². The van der Waals surface area contributed by atoms with Crippen LogP contribution in [0.15, 0.2) is 5.51 Å². The summed E-state index contributed by atoms with van der Waals surface area (Å²) >= 11 is 1.97. The van der Waals surface area contributed by atoms with Gasteiger partial charge in [0.2, 0.25) is 5.51 Å². The number of halogens is 6. The number of rotatable bonds is 11. The van der Waals surface area contributed by atoms with Crippen LogP contribution in [0, 0.1) is 0 Å². The van der Waals surface area contributed by atoms with Crippen molar-refractivity contribution in [3.05, 3.63) is 20.2 Å². The minimum Gasteiger partial charge on any atom is -0.421 e. The standard InChI is InChI=1S/C15H28NS.C2F6NO4S2/c1-4-7-9-10-11-15-14(6-3)16(13-17-15)12-8-5-2;3-1(4,5)14(10,11)9-15(12,13)2(6,7)8/h13H,4-12H2,1-3H3;/q+1;-1. The molecule has 15 heteroatoms. The molecule has 1 heterocycles. The summed E-state index contributed by atoms with van der Waals surface area (Å²) in [6.07, 6.45) is 10.6. The number of alkyl halides is 6. The van der Waals surface area contributed by atoms with Gasteiger partial charge in [-0.2, -0.15) is 30.9 Å². The summed E-state index contributed by atoms with van der Waals surface area (Å²) in [5.74, 6) is 0. The Labute approximate surface area is 189 Å². The SMILES string of the molecule is CCCCCCc1sc[n+](CCCC)c1CC.O=S(=O)([N-]S(=O)(=O)C(F)(F)F)C(F)(F)F. The lowest BCUT2D eigenvalue weighted by molar-refractivity contribution is -0.699. The van der Waals surface area contributed by atoms with Crippen molar-refractivity contribution in [1.82, 2.24) is 0 Å². The highest BCUT2D eigenvalue weighted by atomic mass is 32.3. The second-order valence-corrected chi connectivity index (χ2v) is 11.1. The highest BCUT2D eigenvalue weighted by Crippen LogP contribution is 2.36. The Balaban J connectivity index is 0.000000607. The molecule has 0 saturated carbocycles. The minimum atomic E-state index is -6.72. The van der Waals surface area contributed by atoms with Gasteiger partial charge in [0.25, 0.3) is 0 Å². The Bertz CT molecular complexity index is 852. The quantitative estimate of drug-likeness (QED) is 0.211. The van der Waals surface area contributed by atoms with Gasteiger partial charge in [0.05, 0.1) is 4.88 Å². The zero-order valence-electron chi connectivity index (χ0n) is 18.0. The molecule has 190 valence electrons. The molecule has 0 spiro atoms. The lowest BCUT2D eigenvalue weighted by atomic mass is 10.1. The van der Waals surface area contributed by atoms with Crippen molar-refractivity contribution in [2.75, 3.05) is 0 Å². The van der Waals surface area contributed by atoms with Crippen LogP contribution in [0.2, 0.25) is 0 Å². The van der Waals surface area contributed by atoms with E-state index in [0.29, 0.717) is 0 Å². The zero-order valence-corrected chi connectivity index (χ0v) is 20.4. The van der Waals surface area contributed by atoms with Gasteiger partial charge in [0.1, 0.15) is 6.54 Å². The molecule has 1 aromatic rings. The van der Waals surface area contributed by atoms with E-state index in [1.165, 1.54) is 57.9 Å². The summed E-state index contributed by atoms with van der Waals surface area (Å²) in [6.45, 7) is 8.05. The van der Waals surface area contributed by atoms with Crippen LogP contribution < -0.4 is 4.57 Å². The van der Waals surface area contributed by atoms with E-state index in [4.69, 9.17) is 0 Å². The predicted octanol–water partition coefficient (Wildman–Crippen LogP) is 5.58. The molecule has 0 radical (unpaired) electrons. The molecule has 0 unspecified atom stereocenters. The number of hydrogen-bond acceptors (Lipinski definition) is 5. The van der Waals surface area contributed by atoms with Crippen LogP contribution in [-0.2, 0) is 39.4 Å². The molecule has 1 rings (SSSR count). The first-order valence-corrected chi connectivity index (χ1v) is 13.7. The first-order chi connectivity index (χ1) is 14.5. The van der Waals surface area contributed by atoms with Crippen LogP contribution in [-0.4, -0.2) is 27.9 Å². The number of nitrogens with zero attached hydrogens (tertiary/aromatic N) is 2. The fourth-order valence-electron chi connectivity index (χ4n) is 2.46. The van der Waals surface area contributed by atoms with Crippen LogP contribution in [0.25, 0.3) is 4.13 Å². The van der Waals surface area contributed by atoms with Crippen molar-refractivity contribution in [3.63, 3.8) is 0 Å². The first kappa shape index (κ1) is 31.1. The smallest absolute Gasteiger partial charge is 0.421 e. The van der Waals surface area contributed by atoms with Crippen LogP contribution in [0.4, 0.5) is 26.3 Å². The van der Waals surface area contributed by atoms with E-state index in [0.717, 1.165) is 4.13 Å². The third-order valence-electron chi connectivity index (χ3n) is 4.12. The Morgan fingerprint density at radius 3 is 1.75 bits per heavy atom. The molecule has 0 aliphatic heterocycles. The first-order valence-electron chi connectivity index (χ1n) is 9.89. The second kappa shape index (κ2) is 13.1. The Morgan fingerprint density at radius 1 is 0.844 bits per heavy atom. The molecule has 0 atom stereocenters. The van der Waals surface area contributed by atoms with Gasteiger partial charge in [-0.1, -0.05) is 57.8 Å². The molecular weight excluding hydrogens is 506 g/mol. The largest absolute Gasteiger partial charge is 0.480 e. The second-order valence-electron chi connectivity index (χ2n) is 6.72. The number of unbranched alkanes of at least 4 members (excludes halogenated alkanes) is 4. The van der Waals surface area contributed by atoms with Crippen molar-refractivity contribution >= 4 is 31.4 Å². The molecule has 32 heavy (non-hydrogen) atoms. The lowest BCUT2D eigenvalue weighted by Crippen LogP contribution is -2.35. The molecular formula is C17H28F6N2O4S3. The van der Waals surface area contributed by atoms with E-state index >= 15 is 0 Å². The van der Waals surface area contributed by atoms with Gasteiger partial charge in [0.15, 0.2) is 25.7 Å². The van der Waals surface area contributed by atoms with E-state index in [9.17, 15) is 43.2 Å². The number of sulfonamides is 2. The Kier molecular flexibility index (Phi) is 12.7. The van der Waals surface area contributed by atoms with Crippen molar-refractivity contribution < 1.29 is 47.7 Å². The normalized spacial score (nSPS) is 13.0. The summed E-state index contributed by atoms with van der Waals surface area (Å²) in [6, 6.07) is 0. The number of thiazole rings is 1. The van der Waals surface area contributed by atoms with E-state index in [1.807, 2.05) is 11.3 Å². The molecule has 0 saturated heterocycles. The monoisotopic (exact) mass is 534 g/mol. The maximum atomic E-state index is 11.4. The van der Waals surface area contributed by atoms with Gasteiger partial charge in [0, 0.05) is 12.8 Å². The van der Waals surface area contributed by atoms with Gasteiger partial charge in [-0.05, 0) is 12.8 Å². The molecule has 0 aliphatic carbocycles. The van der Waals surface area contributed by atoms with Crippen LogP contribution in [0.3, 0.4) is 0 Å². The average molecular weight is 535 g/mol. The molecule has 0 bridgehead atoms. The fourth-order valence-corrected chi connectivity index (χ4v) is 5.32. The third-order valence-corrected chi connectivity index (χ3v) is 7.94. The summed E-state index contributed by atoms with van der Waals surface area (Å²) in [5, 5.41) is 0. The van der Waals surface area contributed by atoms with Gasteiger partial charge in [-0.25, -0.2) is 16.8 Å². The molecule has 6 nitrogen and oxygen atoms in total. The highest BCUT2D eigenvalue weighted by Gasteiger charge is 2.46. The molecule has 1 aromatic heterocycles. The van der Waals surface area contributed by atoms with Crippen molar-refractivity contribution in [2.24, 2.45) is 0 Å². The van der Waals surface area contributed by atoms with E-state index < -0.39 is 31.1 Å². The van der Waals surface area contributed by atoms with Gasteiger partial charge in [-0.15, -0.1) is 0 Å².